The zero-order valence-electron chi connectivity index (χ0n) is 8.93. The summed E-state index contributed by atoms with van der Waals surface area (Å²) in [5.74, 6) is 0.985. The van der Waals surface area contributed by atoms with Crippen molar-refractivity contribution in [3.63, 3.8) is 0 Å². The molecular weight excluding hydrogens is 224 g/mol. The Morgan fingerprint density at radius 1 is 1.12 bits per heavy atom. The van der Waals surface area contributed by atoms with Gasteiger partial charge >= 0.3 is 0 Å². The molecule has 84 valence electrons. The largest absolute Gasteiger partial charge is 0.342 e. The first-order valence-corrected chi connectivity index (χ1v) is 5.96. The quantitative estimate of drug-likeness (QED) is 0.762. The highest BCUT2D eigenvalue weighted by atomic mass is 35.5. The van der Waals surface area contributed by atoms with E-state index < -0.39 is 0 Å². The lowest BCUT2D eigenvalue weighted by atomic mass is 10.1. The van der Waals surface area contributed by atoms with E-state index in [2.05, 4.69) is 14.9 Å². The third-order valence-corrected chi connectivity index (χ3v) is 3.32. The lowest BCUT2D eigenvalue weighted by Gasteiger charge is -2.26. The van der Waals surface area contributed by atoms with Crippen LogP contribution in [-0.2, 0) is 0 Å². The van der Waals surface area contributed by atoms with E-state index in [-0.39, 0.29) is 0 Å². The number of piperidine rings is 1. The number of halogens is 1. The summed E-state index contributed by atoms with van der Waals surface area (Å²) in [6, 6.07) is 0. The maximum Gasteiger partial charge on any atom is 0.210 e. The second-order valence-electron chi connectivity index (χ2n) is 4.08. The smallest absolute Gasteiger partial charge is 0.210 e. The average Bonchev–Trinajstić information content (AvgIpc) is 2.75. The number of hydrogen-bond donors (Lipinski definition) is 0. The Morgan fingerprint density at radius 3 is 2.75 bits per heavy atom. The standard InChI is InChI=1S/C11H13ClN4/c12-10-9-8-14-11(16(9)7-4-13-10)15-5-2-1-3-6-15/h4,7-8H,1-3,5-6H2. The van der Waals surface area contributed by atoms with Crippen molar-refractivity contribution in [3.8, 4) is 0 Å². The molecule has 1 aliphatic rings. The fourth-order valence-corrected chi connectivity index (χ4v) is 2.41. The van der Waals surface area contributed by atoms with Crippen molar-refractivity contribution in [1.29, 1.82) is 0 Å². The molecule has 1 saturated heterocycles. The van der Waals surface area contributed by atoms with Crippen molar-refractivity contribution < 1.29 is 0 Å². The molecule has 1 aliphatic heterocycles. The predicted octanol–water partition coefficient (Wildman–Crippen LogP) is 2.37. The van der Waals surface area contributed by atoms with Crippen molar-refractivity contribution >= 4 is 23.1 Å². The summed E-state index contributed by atoms with van der Waals surface area (Å²) in [5.41, 5.74) is 0.879. The Balaban J connectivity index is 2.06. The molecule has 16 heavy (non-hydrogen) atoms. The predicted molar refractivity (Wildman–Crippen MR) is 64.1 cm³/mol. The number of aromatic nitrogens is 3. The van der Waals surface area contributed by atoms with Crippen molar-refractivity contribution in [2.45, 2.75) is 19.3 Å². The zero-order chi connectivity index (χ0) is 11.0. The molecule has 0 unspecified atom stereocenters. The summed E-state index contributed by atoms with van der Waals surface area (Å²) in [5, 5.41) is 0.512. The first kappa shape index (κ1) is 9.90. The number of nitrogens with zero attached hydrogens (tertiary/aromatic N) is 4. The summed E-state index contributed by atoms with van der Waals surface area (Å²) >= 11 is 6.02. The fraction of sp³-hybridized carbons (Fsp3) is 0.455. The minimum atomic E-state index is 0.512. The monoisotopic (exact) mass is 236 g/mol. The van der Waals surface area contributed by atoms with Crippen molar-refractivity contribution in [2.24, 2.45) is 0 Å². The molecule has 0 spiro atoms. The topological polar surface area (TPSA) is 33.4 Å². The zero-order valence-corrected chi connectivity index (χ0v) is 9.69. The minimum Gasteiger partial charge on any atom is -0.342 e. The lowest BCUT2D eigenvalue weighted by molar-refractivity contribution is 0.567. The van der Waals surface area contributed by atoms with Crippen LogP contribution in [0.25, 0.3) is 5.52 Å². The third kappa shape index (κ3) is 1.53. The van der Waals surface area contributed by atoms with Gasteiger partial charge in [0, 0.05) is 25.5 Å². The first-order valence-electron chi connectivity index (χ1n) is 5.59. The van der Waals surface area contributed by atoms with Gasteiger partial charge in [-0.1, -0.05) is 11.6 Å². The van der Waals surface area contributed by atoms with Gasteiger partial charge in [0.15, 0.2) is 5.15 Å². The summed E-state index contributed by atoms with van der Waals surface area (Å²) in [7, 11) is 0. The molecule has 0 amide bonds. The summed E-state index contributed by atoms with van der Waals surface area (Å²) < 4.78 is 2.01. The second kappa shape index (κ2) is 3.94. The number of anilines is 1. The number of hydrogen-bond acceptors (Lipinski definition) is 3. The van der Waals surface area contributed by atoms with E-state index in [4.69, 9.17) is 11.6 Å². The average molecular weight is 237 g/mol. The molecule has 0 N–H and O–H groups in total. The van der Waals surface area contributed by atoms with Gasteiger partial charge in [0.25, 0.3) is 0 Å². The number of imidazole rings is 1. The van der Waals surface area contributed by atoms with Gasteiger partial charge in [-0.15, -0.1) is 0 Å². The fourth-order valence-electron chi connectivity index (χ4n) is 2.21. The van der Waals surface area contributed by atoms with Gasteiger partial charge in [0.1, 0.15) is 5.52 Å². The lowest BCUT2D eigenvalue weighted by Crippen LogP contribution is -2.31. The minimum absolute atomic E-state index is 0.512. The molecule has 5 heteroatoms. The van der Waals surface area contributed by atoms with E-state index in [0.717, 1.165) is 24.6 Å². The Labute approximate surface area is 98.9 Å². The Hall–Kier alpha value is -1.29. The molecule has 0 bridgehead atoms. The highest BCUT2D eigenvalue weighted by Crippen LogP contribution is 2.22. The van der Waals surface area contributed by atoms with Crippen LogP contribution in [0.5, 0.6) is 0 Å². The van der Waals surface area contributed by atoms with Gasteiger partial charge < -0.3 is 4.90 Å². The highest BCUT2D eigenvalue weighted by Gasteiger charge is 2.16. The van der Waals surface area contributed by atoms with Crippen LogP contribution in [-0.4, -0.2) is 27.5 Å². The molecule has 0 aromatic carbocycles. The molecule has 0 atom stereocenters. The van der Waals surface area contributed by atoms with E-state index in [1.165, 1.54) is 19.3 Å². The van der Waals surface area contributed by atoms with Crippen LogP contribution in [0.4, 0.5) is 5.95 Å². The molecule has 3 heterocycles. The van der Waals surface area contributed by atoms with Crippen LogP contribution in [0.1, 0.15) is 19.3 Å². The van der Waals surface area contributed by atoms with Gasteiger partial charge in [0.2, 0.25) is 5.95 Å². The molecule has 0 saturated carbocycles. The van der Waals surface area contributed by atoms with Crippen molar-refractivity contribution in [2.75, 3.05) is 18.0 Å². The van der Waals surface area contributed by atoms with Gasteiger partial charge in [-0.25, -0.2) is 9.97 Å². The normalized spacial score (nSPS) is 16.9. The van der Waals surface area contributed by atoms with Crippen LogP contribution in [0.2, 0.25) is 5.15 Å². The van der Waals surface area contributed by atoms with Crippen LogP contribution in [0.15, 0.2) is 18.6 Å². The number of rotatable bonds is 1. The molecule has 2 aromatic heterocycles. The molecule has 0 radical (unpaired) electrons. The van der Waals surface area contributed by atoms with Crippen LogP contribution >= 0.6 is 11.6 Å². The van der Waals surface area contributed by atoms with E-state index >= 15 is 0 Å². The molecule has 2 aromatic rings. The van der Waals surface area contributed by atoms with Crippen LogP contribution < -0.4 is 4.90 Å². The van der Waals surface area contributed by atoms with Gasteiger partial charge in [-0.05, 0) is 19.3 Å². The van der Waals surface area contributed by atoms with E-state index in [9.17, 15) is 0 Å². The first-order chi connectivity index (χ1) is 7.86. The molecule has 4 nitrogen and oxygen atoms in total. The molecule has 1 fully saturated rings. The van der Waals surface area contributed by atoms with Crippen molar-refractivity contribution in [1.82, 2.24) is 14.4 Å². The maximum atomic E-state index is 6.02. The van der Waals surface area contributed by atoms with Gasteiger partial charge in [-0.2, -0.15) is 0 Å². The maximum absolute atomic E-state index is 6.02. The SMILES string of the molecule is Clc1nccn2c(N3CCCCC3)ncc12. The summed E-state index contributed by atoms with van der Waals surface area (Å²) in [4.78, 5) is 10.8. The summed E-state index contributed by atoms with van der Waals surface area (Å²) in [6.45, 7) is 2.16. The van der Waals surface area contributed by atoms with E-state index in [1.807, 2.05) is 10.6 Å². The molecule has 0 aliphatic carbocycles. The van der Waals surface area contributed by atoms with Crippen LogP contribution in [0, 0.1) is 0 Å². The van der Waals surface area contributed by atoms with E-state index in [0.29, 0.717) is 5.15 Å². The second-order valence-corrected chi connectivity index (χ2v) is 4.44. The summed E-state index contributed by atoms with van der Waals surface area (Å²) in [6.07, 6.45) is 9.23. The Morgan fingerprint density at radius 2 is 1.94 bits per heavy atom. The number of fused-ring (bicyclic) bond motifs is 1. The van der Waals surface area contributed by atoms with Crippen LogP contribution in [0.3, 0.4) is 0 Å². The van der Waals surface area contributed by atoms with Gasteiger partial charge in [0.05, 0.1) is 6.20 Å². The molecule has 3 rings (SSSR count). The third-order valence-electron chi connectivity index (χ3n) is 3.03. The van der Waals surface area contributed by atoms with Crippen molar-refractivity contribution in [3.05, 3.63) is 23.7 Å². The van der Waals surface area contributed by atoms with E-state index in [1.54, 1.807) is 12.4 Å². The Bertz CT molecular complexity index is 502. The Kier molecular flexibility index (Phi) is 2.44. The molecular formula is C11H13ClN4. The van der Waals surface area contributed by atoms with Gasteiger partial charge in [-0.3, -0.25) is 4.40 Å². The highest BCUT2D eigenvalue weighted by molar-refractivity contribution is 6.32.